The van der Waals surface area contributed by atoms with E-state index >= 15 is 0 Å². The van der Waals surface area contributed by atoms with E-state index in [1.807, 2.05) is 0 Å². The molecule has 3 rings (SSSR count). The fourth-order valence-electron chi connectivity index (χ4n) is 2.59. The fourth-order valence-corrected chi connectivity index (χ4v) is 3.91. The minimum atomic E-state index is -3.74. The van der Waals surface area contributed by atoms with Crippen molar-refractivity contribution in [3.05, 3.63) is 82.8 Å². The Labute approximate surface area is 188 Å². The standard InChI is InChI=1S/C22H18BrN3O4S/c23-17-3-7-19(8-4-17)26-31(28,29)21-11-9-20(10-12-21)30-15-22(27)25-18-5-1-16(2-6-18)13-14-24/h1-12,26H,13,15H2,(H,25,27). The molecule has 9 heteroatoms. The number of amides is 1. The lowest BCUT2D eigenvalue weighted by atomic mass is 10.1. The van der Waals surface area contributed by atoms with Crippen LogP contribution >= 0.6 is 15.9 Å². The largest absolute Gasteiger partial charge is 0.484 e. The Bertz CT molecular complexity index is 1190. The summed E-state index contributed by atoms with van der Waals surface area (Å²) in [6, 6.07) is 21.6. The van der Waals surface area contributed by atoms with Gasteiger partial charge in [-0.3, -0.25) is 9.52 Å². The summed E-state index contributed by atoms with van der Waals surface area (Å²) in [5.74, 6) is 0.00347. The number of nitriles is 1. The van der Waals surface area contributed by atoms with E-state index in [1.165, 1.54) is 24.3 Å². The normalized spacial score (nSPS) is 10.7. The summed E-state index contributed by atoms with van der Waals surface area (Å²) in [7, 11) is -3.74. The number of hydrogen-bond donors (Lipinski definition) is 2. The van der Waals surface area contributed by atoms with E-state index in [2.05, 4.69) is 32.0 Å². The predicted octanol–water partition coefficient (Wildman–Crippen LogP) is 4.33. The Morgan fingerprint density at radius 1 is 0.935 bits per heavy atom. The van der Waals surface area contributed by atoms with Crippen molar-refractivity contribution < 1.29 is 17.9 Å². The molecule has 3 aromatic rings. The molecule has 158 valence electrons. The van der Waals surface area contributed by atoms with Crippen molar-refractivity contribution in [2.45, 2.75) is 11.3 Å². The number of nitrogens with one attached hydrogen (secondary N) is 2. The van der Waals surface area contributed by atoms with Gasteiger partial charge in [0.05, 0.1) is 17.4 Å². The van der Waals surface area contributed by atoms with Gasteiger partial charge in [-0.1, -0.05) is 28.1 Å². The molecule has 2 N–H and O–H groups in total. The third kappa shape index (κ3) is 6.57. The van der Waals surface area contributed by atoms with Crippen molar-refractivity contribution in [1.82, 2.24) is 0 Å². The summed E-state index contributed by atoms with van der Waals surface area (Å²) < 4.78 is 33.7. The van der Waals surface area contributed by atoms with Gasteiger partial charge in [-0.2, -0.15) is 5.26 Å². The molecule has 0 unspecified atom stereocenters. The molecule has 3 aromatic carbocycles. The monoisotopic (exact) mass is 499 g/mol. The van der Waals surface area contributed by atoms with Crippen molar-refractivity contribution in [3.8, 4) is 11.8 Å². The van der Waals surface area contributed by atoms with Crippen LogP contribution in [0.4, 0.5) is 11.4 Å². The highest BCUT2D eigenvalue weighted by molar-refractivity contribution is 9.10. The zero-order valence-corrected chi connectivity index (χ0v) is 18.6. The minimum Gasteiger partial charge on any atom is -0.484 e. The molecule has 0 aromatic heterocycles. The lowest BCUT2D eigenvalue weighted by Gasteiger charge is -2.10. The van der Waals surface area contributed by atoms with E-state index in [-0.39, 0.29) is 17.4 Å². The Balaban J connectivity index is 1.54. The molecule has 0 saturated carbocycles. The summed E-state index contributed by atoms with van der Waals surface area (Å²) in [5.41, 5.74) is 1.90. The van der Waals surface area contributed by atoms with Gasteiger partial charge in [0.15, 0.2) is 6.61 Å². The van der Waals surface area contributed by atoms with Gasteiger partial charge in [-0.15, -0.1) is 0 Å². The number of ether oxygens (including phenoxy) is 1. The molecule has 0 atom stereocenters. The van der Waals surface area contributed by atoms with Crippen molar-refractivity contribution in [2.24, 2.45) is 0 Å². The number of nitrogens with zero attached hydrogens (tertiary/aromatic N) is 1. The Morgan fingerprint density at radius 2 is 1.55 bits per heavy atom. The van der Waals surface area contributed by atoms with Crippen LogP contribution in [0.15, 0.2) is 82.2 Å². The molecule has 0 radical (unpaired) electrons. The summed E-state index contributed by atoms with van der Waals surface area (Å²) in [6.45, 7) is -0.233. The van der Waals surface area contributed by atoms with Crippen LogP contribution in [0.1, 0.15) is 5.56 Å². The first-order valence-electron chi connectivity index (χ1n) is 9.13. The molecule has 0 aliphatic carbocycles. The molecule has 1 amide bonds. The van der Waals surface area contributed by atoms with E-state index in [9.17, 15) is 13.2 Å². The maximum absolute atomic E-state index is 12.5. The van der Waals surface area contributed by atoms with Gasteiger partial charge in [0, 0.05) is 15.8 Å². The first-order chi connectivity index (χ1) is 14.9. The molecule has 0 bridgehead atoms. The number of carbonyl (C=O) groups is 1. The van der Waals surface area contributed by atoms with Gasteiger partial charge in [-0.25, -0.2) is 8.42 Å². The van der Waals surface area contributed by atoms with Crippen LogP contribution in [0.2, 0.25) is 0 Å². The molecule has 7 nitrogen and oxygen atoms in total. The fraction of sp³-hybridized carbons (Fsp3) is 0.0909. The topological polar surface area (TPSA) is 108 Å². The zero-order chi connectivity index (χ0) is 22.3. The van der Waals surface area contributed by atoms with E-state index in [1.54, 1.807) is 48.5 Å². The van der Waals surface area contributed by atoms with Gasteiger partial charge >= 0.3 is 0 Å². The number of sulfonamides is 1. The Kier molecular flexibility index (Phi) is 7.28. The van der Waals surface area contributed by atoms with Gasteiger partial charge in [-0.05, 0) is 66.2 Å². The van der Waals surface area contributed by atoms with Gasteiger partial charge in [0.1, 0.15) is 5.75 Å². The second-order valence-corrected chi connectivity index (χ2v) is 9.05. The maximum atomic E-state index is 12.5. The molecule has 0 saturated heterocycles. The van der Waals surface area contributed by atoms with Crippen LogP contribution in [0.3, 0.4) is 0 Å². The number of benzene rings is 3. The molecular weight excluding hydrogens is 482 g/mol. The highest BCUT2D eigenvalue weighted by Crippen LogP contribution is 2.21. The summed E-state index contributed by atoms with van der Waals surface area (Å²) >= 11 is 3.30. The van der Waals surface area contributed by atoms with Crippen molar-refractivity contribution >= 4 is 43.2 Å². The highest BCUT2D eigenvalue weighted by Gasteiger charge is 2.14. The first kappa shape index (κ1) is 22.3. The number of carbonyl (C=O) groups excluding carboxylic acids is 1. The SMILES string of the molecule is N#CCc1ccc(NC(=O)COc2ccc(S(=O)(=O)Nc3ccc(Br)cc3)cc2)cc1. The first-order valence-corrected chi connectivity index (χ1v) is 11.4. The van der Waals surface area contributed by atoms with E-state index in [4.69, 9.17) is 10.00 Å². The number of hydrogen-bond acceptors (Lipinski definition) is 5. The molecule has 0 heterocycles. The van der Waals surface area contributed by atoms with Crippen LogP contribution in [0.5, 0.6) is 5.75 Å². The van der Waals surface area contributed by atoms with Gasteiger partial charge < -0.3 is 10.1 Å². The average Bonchev–Trinajstić information content (AvgIpc) is 2.76. The van der Waals surface area contributed by atoms with E-state index in [0.717, 1.165) is 10.0 Å². The summed E-state index contributed by atoms with van der Waals surface area (Å²) in [6.07, 6.45) is 0.307. The second kappa shape index (κ2) is 10.1. The molecule has 0 aliphatic heterocycles. The molecule has 31 heavy (non-hydrogen) atoms. The Hall–Kier alpha value is -3.35. The van der Waals surface area contributed by atoms with E-state index in [0.29, 0.717) is 23.5 Å². The van der Waals surface area contributed by atoms with Gasteiger partial charge in [0.25, 0.3) is 15.9 Å². The molecule has 0 aliphatic rings. The van der Waals surface area contributed by atoms with Crippen LogP contribution < -0.4 is 14.8 Å². The summed E-state index contributed by atoms with van der Waals surface area (Å²) in [4.78, 5) is 12.1. The van der Waals surface area contributed by atoms with Crippen LogP contribution in [-0.4, -0.2) is 20.9 Å². The Morgan fingerprint density at radius 3 is 2.16 bits per heavy atom. The van der Waals surface area contributed by atoms with Crippen molar-refractivity contribution in [3.63, 3.8) is 0 Å². The highest BCUT2D eigenvalue weighted by atomic mass is 79.9. The predicted molar refractivity (Wildman–Crippen MR) is 121 cm³/mol. The zero-order valence-electron chi connectivity index (χ0n) is 16.2. The van der Waals surface area contributed by atoms with Crippen LogP contribution in [-0.2, 0) is 21.2 Å². The summed E-state index contributed by atoms with van der Waals surface area (Å²) in [5, 5.41) is 11.4. The lowest BCUT2D eigenvalue weighted by Crippen LogP contribution is -2.20. The molecule has 0 fully saturated rings. The molecular formula is C22H18BrN3O4S. The van der Waals surface area contributed by atoms with Crippen molar-refractivity contribution in [1.29, 1.82) is 5.26 Å². The van der Waals surface area contributed by atoms with Crippen LogP contribution in [0, 0.1) is 11.3 Å². The quantitative estimate of drug-likeness (QED) is 0.479. The third-order valence-corrected chi connectivity index (χ3v) is 6.05. The van der Waals surface area contributed by atoms with Crippen molar-refractivity contribution in [2.75, 3.05) is 16.6 Å². The third-order valence-electron chi connectivity index (χ3n) is 4.12. The van der Waals surface area contributed by atoms with Crippen LogP contribution in [0.25, 0.3) is 0 Å². The average molecular weight is 500 g/mol. The molecule has 0 spiro atoms. The number of rotatable bonds is 8. The van der Waals surface area contributed by atoms with Gasteiger partial charge in [0.2, 0.25) is 0 Å². The number of halogens is 1. The second-order valence-electron chi connectivity index (χ2n) is 6.45. The maximum Gasteiger partial charge on any atom is 0.262 e. The number of anilines is 2. The smallest absolute Gasteiger partial charge is 0.262 e. The lowest BCUT2D eigenvalue weighted by molar-refractivity contribution is -0.118. The minimum absolute atomic E-state index is 0.0738. The van der Waals surface area contributed by atoms with E-state index < -0.39 is 10.0 Å².